The highest BCUT2D eigenvalue weighted by molar-refractivity contribution is 6.32. The molecule has 0 radical (unpaired) electrons. The lowest BCUT2D eigenvalue weighted by Gasteiger charge is -2.09. The van der Waals surface area contributed by atoms with Gasteiger partial charge in [0.2, 0.25) is 0 Å². The van der Waals surface area contributed by atoms with E-state index < -0.39 is 0 Å². The first kappa shape index (κ1) is 13.5. The van der Waals surface area contributed by atoms with E-state index in [4.69, 9.17) is 11.6 Å². The number of aryl methyl sites for hydroxylation is 1. The summed E-state index contributed by atoms with van der Waals surface area (Å²) in [5, 5.41) is 13.8. The number of anilines is 1. The van der Waals surface area contributed by atoms with Gasteiger partial charge in [-0.2, -0.15) is 10.2 Å². The van der Waals surface area contributed by atoms with Gasteiger partial charge in [0.15, 0.2) is 0 Å². The number of nitrogens with one attached hydrogen (secondary N) is 2. The number of rotatable bonds is 6. The lowest BCUT2D eigenvalue weighted by Crippen LogP contribution is -2.24. The largest absolute Gasteiger partial charge is 0.382 e. The van der Waals surface area contributed by atoms with E-state index in [1.807, 2.05) is 6.92 Å². The summed E-state index contributed by atoms with van der Waals surface area (Å²) in [4.78, 5) is 15.9. The first-order valence-electron chi connectivity index (χ1n) is 6.06. The molecule has 0 atom stereocenters. The van der Waals surface area contributed by atoms with Crippen molar-refractivity contribution in [2.24, 2.45) is 0 Å². The van der Waals surface area contributed by atoms with Crippen molar-refractivity contribution >= 4 is 17.3 Å². The van der Waals surface area contributed by atoms with Gasteiger partial charge in [0.25, 0.3) is 5.56 Å². The van der Waals surface area contributed by atoms with E-state index in [2.05, 4.69) is 25.6 Å². The smallest absolute Gasteiger partial charge is 0.287 e. The van der Waals surface area contributed by atoms with Crippen molar-refractivity contribution in [1.29, 1.82) is 0 Å². The van der Waals surface area contributed by atoms with Crippen LogP contribution in [0.2, 0.25) is 5.02 Å². The predicted octanol–water partition coefficient (Wildman–Crippen LogP) is 1.08. The summed E-state index contributed by atoms with van der Waals surface area (Å²) in [6.07, 6.45) is 4.52. The fourth-order valence-electron chi connectivity index (χ4n) is 1.63. The number of hydrogen-bond donors (Lipinski definition) is 2. The van der Waals surface area contributed by atoms with Gasteiger partial charge in [-0.15, -0.1) is 0 Å². The highest BCUT2D eigenvalue weighted by atomic mass is 35.5. The Kier molecular flexibility index (Phi) is 4.51. The van der Waals surface area contributed by atoms with Crippen LogP contribution in [0.5, 0.6) is 0 Å². The summed E-state index contributed by atoms with van der Waals surface area (Å²) in [5.41, 5.74) is 0.270. The molecule has 2 aromatic rings. The zero-order chi connectivity index (χ0) is 13.7. The molecule has 19 heavy (non-hydrogen) atoms. The van der Waals surface area contributed by atoms with Gasteiger partial charge < -0.3 is 5.32 Å². The maximum absolute atomic E-state index is 11.9. The zero-order valence-corrected chi connectivity index (χ0v) is 11.3. The number of hydrogen-bond acceptors (Lipinski definition) is 5. The number of aromatic nitrogens is 5. The van der Waals surface area contributed by atoms with Crippen LogP contribution in [0.3, 0.4) is 0 Å². The summed E-state index contributed by atoms with van der Waals surface area (Å²) < 4.78 is 1.37. The third kappa shape index (κ3) is 3.31. The highest BCUT2D eigenvalue weighted by Gasteiger charge is 2.08. The maximum Gasteiger partial charge on any atom is 0.287 e. The molecule has 2 aromatic heterocycles. The van der Waals surface area contributed by atoms with Crippen LogP contribution < -0.4 is 10.9 Å². The molecule has 0 bridgehead atoms. The van der Waals surface area contributed by atoms with Gasteiger partial charge in [-0.05, 0) is 6.42 Å². The van der Waals surface area contributed by atoms with Crippen molar-refractivity contribution in [3.8, 4) is 0 Å². The first-order valence-corrected chi connectivity index (χ1v) is 6.44. The standard InChI is InChI=1S/C11H15ClN6O/c1-2-5-18-11(19)10(12)8(6-16-18)13-4-3-9-14-7-15-17-9/h6-7,13H,2-5H2,1H3,(H,14,15,17). The lowest BCUT2D eigenvalue weighted by atomic mass is 10.3. The minimum atomic E-state index is -0.270. The van der Waals surface area contributed by atoms with Gasteiger partial charge in [-0.1, -0.05) is 18.5 Å². The average Bonchev–Trinajstić information content (AvgIpc) is 2.91. The second-order valence-electron chi connectivity index (χ2n) is 4.01. The highest BCUT2D eigenvalue weighted by Crippen LogP contribution is 2.14. The van der Waals surface area contributed by atoms with E-state index in [9.17, 15) is 4.79 Å². The van der Waals surface area contributed by atoms with Crippen LogP contribution in [0.4, 0.5) is 5.69 Å². The lowest BCUT2D eigenvalue weighted by molar-refractivity contribution is 0.568. The van der Waals surface area contributed by atoms with Crippen molar-refractivity contribution in [2.75, 3.05) is 11.9 Å². The van der Waals surface area contributed by atoms with Gasteiger partial charge in [0.05, 0.1) is 11.9 Å². The summed E-state index contributed by atoms with van der Waals surface area (Å²) >= 11 is 6.02. The van der Waals surface area contributed by atoms with Crippen LogP contribution >= 0.6 is 11.6 Å². The Morgan fingerprint density at radius 3 is 3.05 bits per heavy atom. The number of nitrogens with zero attached hydrogens (tertiary/aromatic N) is 4. The Bertz CT molecular complexity index is 579. The van der Waals surface area contributed by atoms with Crippen LogP contribution in [-0.2, 0) is 13.0 Å². The van der Waals surface area contributed by atoms with Gasteiger partial charge in [-0.25, -0.2) is 9.67 Å². The fraction of sp³-hybridized carbons (Fsp3) is 0.455. The molecule has 0 saturated heterocycles. The van der Waals surface area contributed by atoms with E-state index in [1.165, 1.54) is 11.0 Å². The minimum Gasteiger partial charge on any atom is -0.382 e. The second-order valence-corrected chi connectivity index (χ2v) is 4.39. The molecule has 8 heteroatoms. The monoisotopic (exact) mass is 282 g/mol. The molecule has 7 nitrogen and oxygen atoms in total. The number of halogens is 1. The number of aromatic amines is 1. The molecule has 0 amide bonds. The van der Waals surface area contributed by atoms with E-state index in [0.29, 0.717) is 25.2 Å². The summed E-state index contributed by atoms with van der Waals surface area (Å²) in [6, 6.07) is 0. The van der Waals surface area contributed by atoms with Gasteiger partial charge >= 0.3 is 0 Å². The Morgan fingerprint density at radius 2 is 2.37 bits per heavy atom. The van der Waals surface area contributed by atoms with E-state index in [0.717, 1.165) is 12.2 Å². The molecule has 0 fully saturated rings. The summed E-state index contributed by atoms with van der Waals surface area (Å²) in [6.45, 7) is 3.14. The van der Waals surface area contributed by atoms with Crippen LogP contribution in [0, 0.1) is 0 Å². The van der Waals surface area contributed by atoms with Gasteiger partial charge in [0, 0.05) is 19.5 Å². The van der Waals surface area contributed by atoms with Gasteiger partial charge in [-0.3, -0.25) is 9.89 Å². The maximum atomic E-state index is 11.9. The molecule has 0 spiro atoms. The quantitative estimate of drug-likeness (QED) is 0.828. The topological polar surface area (TPSA) is 88.5 Å². The van der Waals surface area contributed by atoms with Crippen LogP contribution in [0.15, 0.2) is 17.3 Å². The molecule has 0 unspecified atom stereocenters. The van der Waals surface area contributed by atoms with Gasteiger partial charge in [0.1, 0.15) is 17.2 Å². The first-order chi connectivity index (χ1) is 9.22. The molecule has 0 aliphatic rings. The van der Waals surface area contributed by atoms with Crippen LogP contribution in [0.25, 0.3) is 0 Å². The molecule has 0 aliphatic heterocycles. The van der Waals surface area contributed by atoms with Crippen molar-refractivity contribution in [3.63, 3.8) is 0 Å². The molecule has 2 N–H and O–H groups in total. The van der Waals surface area contributed by atoms with E-state index in [1.54, 1.807) is 6.20 Å². The Balaban J connectivity index is 2.01. The third-order valence-corrected chi connectivity index (χ3v) is 2.93. The SMILES string of the molecule is CCCn1ncc(NCCc2ncn[nH]2)c(Cl)c1=O. The van der Waals surface area contributed by atoms with E-state index >= 15 is 0 Å². The Morgan fingerprint density at radius 1 is 1.53 bits per heavy atom. The third-order valence-electron chi connectivity index (χ3n) is 2.56. The Labute approximate surface area is 115 Å². The summed E-state index contributed by atoms with van der Waals surface area (Å²) in [5.74, 6) is 0.774. The molecule has 0 aromatic carbocycles. The second kappa shape index (κ2) is 6.33. The van der Waals surface area contributed by atoms with Crippen LogP contribution in [-0.4, -0.2) is 31.5 Å². The van der Waals surface area contributed by atoms with E-state index in [-0.39, 0.29) is 10.6 Å². The summed E-state index contributed by atoms with van der Waals surface area (Å²) in [7, 11) is 0. The van der Waals surface area contributed by atoms with Crippen molar-refractivity contribution in [3.05, 3.63) is 33.7 Å². The average molecular weight is 283 g/mol. The van der Waals surface area contributed by atoms with Crippen LogP contribution in [0.1, 0.15) is 19.2 Å². The molecular formula is C11H15ClN6O. The predicted molar refractivity (Wildman–Crippen MR) is 72.4 cm³/mol. The zero-order valence-electron chi connectivity index (χ0n) is 10.6. The molecule has 2 rings (SSSR count). The fourth-order valence-corrected chi connectivity index (χ4v) is 1.84. The molecule has 0 saturated carbocycles. The molecule has 0 aliphatic carbocycles. The molecule has 2 heterocycles. The van der Waals surface area contributed by atoms with Crippen molar-refractivity contribution in [1.82, 2.24) is 25.0 Å². The normalized spacial score (nSPS) is 10.6. The molecule has 102 valence electrons. The van der Waals surface area contributed by atoms with Crippen molar-refractivity contribution in [2.45, 2.75) is 26.3 Å². The van der Waals surface area contributed by atoms with Crippen molar-refractivity contribution < 1.29 is 0 Å². The molecular weight excluding hydrogens is 268 g/mol. The minimum absolute atomic E-state index is 0.168. The Hall–Kier alpha value is -1.89. The number of H-pyrrole nitrogens is 1.